The van der Waals surface area contributed by atoms with Crippen LogP contribution in [0.4, 0.5) is 0 Å². The van der Waals surface area contributed by atoms with E-state index in [9.17, 15) is 18.0 Å². The number of carbonyl (C=O) groups is 2. The zero-order valence-electron chi connectivity index (χ0n) is 15.8. The fourth-order valence-electron chi connectivity index (χ4n) is 3.88. The third kappa shape index (κ3) is 3.06. The van der Waals surface area contributed by atoms with E-state index in [4.69, 9.17) is 0 Å². The van der Waals surface area contributed by atoms with Gasteiger partial charge in [0.15, 0.2) is 0 Å². The normalized spacial score (nSPS) is 23.8. The van der Waals surface area contributed by atoms with Gasteiger partial charge < -0.3 is 10.2 Å². The van der Waals surface area contributed by atoms with E-state index >= 15 is 0 Å². The average molecular weight is 401 g/mol. The van der Waals surface area contributed by atoms with E-state index in [2.05, 4.69) is 5.32 Å². The van der Waals surface area contributed by atoms with Crippen LogP contribution in [0.2, 0.25) is 0 Å². The zero-order chi connectivity index (χ0) is 20.1. The number of nitrogens with one attached hydrogen (secondary N) is 1. The molecule has 2 aliphatic heterocycles. The van der Waals surface area contributed by atoms with Gasteiger partial charge >= 0.3 is 0 Å². The Morgan fingerprint density at radius 3 is 2.46 bits per heavy atom. The van der Waals surface area contributed by atoms with Crippen LogP contribution in [0.25, 0.3) is 10.8 Å². The molecular weight excluding hydrogens is 378 g/mol. The van der Waals surface area contributed by atoms with Gasteiger partial charge in [-0.3, -0.25) is 9.59 Å². The number of nitrogens with zero attached hydrogens (tertiary/aromatic N) is 2. The van der Waals surface area contributed by atoms with Crippen molar-refractivity contribution in [3.8, 4) is 0 Å². The lowest BCUT2D eigenvalue weighted by Gasteiger charge is -2.45. The van der Waals surface area contributed by atoms with Crippen LogP contribution in [-0.2, 0) is 19.6 Å². The molecule has 0 saturated carbocycles. The molecule has 148 valence electrons. The second kappa shape index (κ2) is 6.86. The maximum atomic E-state index is 13.2. The molecule has 0 aromatic heterocycles. The first kappa shape index (κ1) is 18.9. The standard InChI is InChI=1S/C20H23N3O4S/c1-13(2)18-20(25)23-10-9-22(12-17(23)19(24)21-18)28(26,27)16-8-7-14-5-3-4-6-15(14)11-16/h3-8,11,13,17-18H,9-10,12H2,1-2H3,(H,21,24)/t17-,18-/m1/s1. The summed E-state index contributed by atoms with van der Waals surface area (Å²) in [6, 6.07) is 11.2. The van der Waals surface area contributed by atoms with E-state index in [0.29, 0.717) is 0 Å². The maximum absolute atomic E-state index is 13.2. The molecule has 2 aromatic rings. The van der Waals surface area contributed by atoms with Gasteiger partial charge in [0.25, 0.3) is 0 Å². The molecule has 2 heterocycles. The van der Waals surface area contributed by atoms with E-state index in [1.807, 2.05) is 38.1 Å². The van der Waals surface area contributed by atoms with E-state index in [1.165, 1.54) is 9.21 Å². The third-order valence-corrected chi connectivity index (χ3v) is 7.38. The van der Waals surface area contributed by atoms with Crippen LogP contribution >= 0.6 is 0 Å². The topological polar surface area (TPSA) is 86.8 Å². The van der Waals surface area contributed by atoms with Gasteiger partial charge in [0.1, 0.15) is 12.1 Å². The van der Waals surface area contributed by atoms with Crippen LogP contribution in [0.3, 0.4) is 0 Å². The van der Waals surface area contributed by atoms with Crippen LogP contribution in [0.5, 0.6) is 0 Å². The summed E-state index contributed by atoms with van der Waals surface area (Å²) in [6.07, 6.45) is 0. The molecule has 2 atom stereocenters. The fraction of sp³-hybridized carbons (Fsp3) is 0.400. The van der Waals surface area contributed by atoms with Crippen LogP contribution in [0.15, 0.2) is 47.4 Å². The molecule has 0 spiro atoms. The van der Waals surface area contributed by atoms with Gasteiger partial charge in [-0.25, -0.2) is 8.42 Å². The van der Waals surface area contributed by atoms with Gasteiger partial charge in [-0.2, -0.15) is 4.31 Å². The minimum absolute atomic E-state index is 0.0169. The molecule has 2 saturated heterocycles. The molecule has 2 amide bonds. The number of hydrogen-bond donors (Lipinski definition) is 1. The minimum Gasteiger partial charge on any atom is -0.342 e. The lowest BCUT2D eigenvalue weighted by molar-refractivity contribution is -0.152. The van der Waals surface area contributed by atoms with Crippen molar-refractivity contribution >= 4 is 32.6 Å². The van der Waals surface area contributed by atoms with Crippen LogP contribution in [0.1, 0.15) is 13.8 Å². The van der Waals surface area contributed by atoms with Gasteiger partial charge in [0, 0.05) is 19.6 Å². The molecule has 2 aromatic carbocycles. The number of rotatable bonds is 3. The summed E-state index contributed by atoms with van der Waals surface area (Å²) in [4.78, 5) is 26.9. The molecule has 28 heavy (non-hydrogen) atoms. The highest BCUT2D eigenvalue weighted by molar-refractivity contribution is 7.89. The second-order valence-corrected chi connectivity index (χ2v) is 9.59. The first-order valence-corrected chi connectivity index (χ1v) is 10.8. The van der Waals surface area contributed by atoms with Crippen molar-refractivity contribution in [3.05, 3.63) is 42.5 Å². The molecule has 2 aliphatic rings. The first-order chi connectivity index (χ1) is 13.3. The average Bonchev–Trinajstić information content (AvgIpc) is 2.69. The number of hydrogen-bond acceptors (Lipinski definition) is 4. The maximum Gasteiger partial charge on any atom is 0.246 e. The van der Waals surface area contributed by atoms with Crippen LogP contribution in [0, 0.1) is 5.92 Å². The molecule has 8 heteroatoms. The van der Waals surface area contributed by atoms with Crippen molar-refractivity contribution in [2.45, 2.75) is 30.8 Å². The number of carbonyl (C=O) groups excluding carboxylic acids is 2. The van der Waals surface area contributed by atoms with Crippen molar-refractivity contribution < 1.29 is 18.0 Å². The van der Waals surface area contributed by atoms with E-state index < -0.39 is 22.1 Å². The number of amides is 2. The van der Waals surface area contributed by atoms with Gasteiger partial charge in [-0.05, 0) is 28.8 Å². The van der Waals surface area contributed by atoms with Crippen molar-refractivity contribution in [2.24, 2.45) is 5.92 Å². The molecular formula is C20H23N3O4S. The number of piperazine rings is 2. The zero-order valence-corrected chi connectivity index (χ0v) is 16.6. The molecule has 0 aliphatic carbocycles. The van der Waals surface area contributed by atoms with Crippen molar-refractivity contribution in [3.63, 3.8) is 0 Å². The summed E-state index contributed by atoms with van der Waals surface area (Å²) in [5.74, 6) is -0.448. The highest BCUT2D eigenvalue weighted by Crippen LogP contribution is 2.26. The van der Waals surface area contributed by atoms with Crippen molar-refractivity contribution in [1.29, 1.82) is 0 Å². The Labute approximate surface area is 164 Å². The predicted octanol–water partition coefficient (Wildman–Crippen LogP) is 1.20. The van der Waals surface area contributed by atoms with Crippen molar-refractivity contribution in [2.75, 3.05) is 19.6 Å². The quantitative estimate of drug-likeness (QED) is 0.837. The SMILES string of the molecule is CC(C)[C@H]1NC(=O)[C@H]2CN(S(=O)(=O)c3ccc4ccccc4c3)CCN2C1=O. The largest absolute Gasteiger partial charge is 0.342 e. The van der Waals surface area contributed by atoms with E-state index in [1.54, 1.807) is 18.2 Å². The van der Waals surface area contributed by atoms with E-state index in [0.717, 1.165) is 10.8 Å². The summed E-state index contributed by atoms with van der Waals surface area (Å²) in [5, 5.41) is 4.55. The van der Waals surface area contributed by atoms with Crippen LogP contribution in [-0.4, -0.2) is 61.2 Å². The Morgan fingerprint density at radius 2 is 1.75 bits per heavy atom. The third-order valence-electron chi connectivity index (χ3n) is 5.52. The molecule has 7 nitrogen and oxygen atoms in total. The molecule has 0 radical (unpaired) electrons. The predicted molar refractivity (Wildman–Crippen MR) is 105 cm³/mol. The fourth-order valence-corrected chi connectivity index (χ4v) is 5.36. The second-order valence-electron chi connectivity index (χ2n) is 7.65. The number of fused-ring (bicyclic) bond motifs is 2. The van der Waals surface area contributed by atoms with Gasteiger partial charge in [0.05, 0.1) is 4.90 Å². The molecule has 0 unspecified atom stereocenters. The monoisotopic (exact) mass is 401 g/mol. The summed E-state index contributed by atoms with van der Waals surface area (Å²) in [6.45, 7) is 4.12. The van der Waals surface area contributed by atoms with Gasteiger partial charge in [-0.1, -0.05) is 44.2 Å². The minimum atomic E-state index is -3.76. The highest BCUT2D eigenvalue weighted by Gasteiger charge is 2.46. The molecule has 0 bridgehead atoms. The Bertz CT molecular complexity index is 1050. The lowest BCUT2D eigenvalue weighted by Crippen LogP contribution is -2.70. The Balaban J connectivity index is 1.60. The van der Waals surface area contributed by atoms with Crippen molar-refractivity contribution in [1.82, 2.24) is 14.5 Å². The summed E-state index contributed by atoms with van der Waals surface area (Å²) in [7, 11) is -3.76. The van der Waals surface area contributed by atoms with Gasteiger partial charge in [-0.15, -0.1) is 0 Å². The Morgan fingerprint density at radius 1 is 1.04 bits per heavy atom. The Hall–Kier alpha value is -2.45. The smallest absolute Gasteiger partial charge is 0.246 e. The first-order valence-electron chi connectivity index (χ1n) is 9.39. The van der Waals surface area contributed by atoms with Crippen LogP contribution < -0.4 is 5.32 Å². The summed E-state index contributed by atoms with van der Waals surface area (Å²) < 4.78 is 27.6. The lowest BCUT2D eigenvalue weighted by atomic mass is 9.97. The van der Waals surface area contributed by atoms with Gasteiger partial charge in [0.2, 0.25) is 21.8 Å². The van der Waals surface area contributed by atoms with E-state index in [-0.39, 0.29) is 42.3 Å². The number of benzene rings is 2. The number of sulfonamides is 1. The molecule has 4 rings (SSSR count). The highest BCUT2D eigenvalue weighted by atomic mass is 32.2. The summed E-state index contributed by atoms with van der Waals surface area (Å²) in [5.41, 5.74) is 0. The molecule has 1 N–H and O–H groups in total. The molecule has 2 fully saturated rings. The Kier molecular flexibility index (Phi) is 4.63. The summed E-state index contributed by atoms with van der Waals surface area (Å²) >= 11 is 0.